The van der Waals surface area contributed by atoms with Crippen LogP contribution < -0.4 is 5.32 Å². The lowest BCUT2D eigenvalue weighted by Crippen LogP contribution is -2.47. The minimum atomic E-state index is 0.0653. The molecule has 0 aliphatic carbocycles. The summed E-state index contributed by atoms with van der Waals surface area (Å²) in [5, 5.41) is 3.58. The summed E-state index contributed by atoms with van der Waals surface area (Å²) in [4.78, 5) is 4.59. The Balaban J connectivity index is 1.73. The third-order valence-electron chi connectivity index (χ3n) is 3.97. The van der Waals surface area contributed by atoms with Crippen molar-refractivity contribution in [2.24, 2.45) is 0 Å². The molecule has 96 valence electrons. The molecule has 1 fully saturated rings. The number of hydrogen-bond acceptors (Lipinski definition) is 3. The minimum absolute atomic E-state index is 0.0653. The van der Waals surface area contributed by atoms with Gasteiger partial charge < -0.3 is 14.5 Å². The Morgan fingerprint density at radius 1 is 1.56 bits per heavy atom. The van der Waals surface area contributed by atoms with Crippen LogP contribution in [0, 0.1) is 0 Å². The first-order valence-electron chi connectivity index (χ1n) is 6.47. The van der Waals surface area contributed by atoms with E-state index in [-0.39, 0.29) is 11.6 Å². The molecule has 1 aliphatic heterocycles. The number of rotatable bonds is 3. The van der Waals surface area contributed by atoms with Crippen molar-refractivity contribution in [3.63, 3.8) is 0 Å². The second-order valence-corrected chi connectivity index (χ2v) is 5.23. The Hall–Kier alpha value is -1.39. The largest absolute Gasteiger partial charge is 0.377 e. The summed E-state index contributed by atoms with van der Waals surface area (Å²) in [7, 11) is 0. The van der Waals surface area contributed by atoms with Gasteiger partial charge in [0.05, 0.1) is 11.8 Å². The van der Waals surface area contributed by atoms with E-state index in [0.29, 0.717) is 0 Å². The van der Waals surface area contributed by atoms with Crippen molar-refractivity contribution in [3.8, 4) is 0 Å². The Kier molecular flexibility index (Phi) is 2.84. The highest BCUT2D eigenvalue weighted by Crippen LogP contribution is 2.25. The Bertz CT molecular complexity index is 518. The van der Waals surface area contributed by atoms with Crippen LogP contribution in [0.15, 0.2) is 30.6 Å². The van der Waals surface area contributed by atoms with Crippen LogP contribution in [0.5, 0.6) is 0 Å². The zero-order valence-electron chi connectivity index (χ0n) is 10.9. The lowest BCUT2D eigenvalue weighted by molar-refractivity contribution is 0.0880. The monoisotopic (exact) mass is 245 g/mol. The smallest absolute Gasteiger partial charge is 0.137 e. The molecule has 4 heteroatoms. The summed E-state index contributed by atoms with van der Waals surface area (Å²) < 4.78 is 7.68. The highest BCUT2D eigenvalue weighted by atomic mass is 16.5. The van der Waals surface area contributed by atoms with Crippen molar-refractivity contribution in [1.29, 1.82) is 0 Å². The van der Waals surface area contributed by atoms with Crippen LogP contribution in [-0.4, -0.2) is 27.6 Å². The number of nitrogens with one attached hydrogen (secondary N) is 1. The Labute approximate surface area is 107 Å². The summed E-state index contributed by atoms with van der Waals surface area (Å²) >= 11 is 0. The predicted molar refractivity (Wildman–Crippen MR) is 70.5 cm³/mol. The van der Waals surface area contributed by atoms with Crippen LogP contribution in [0.3, 0.4) is 0 Å². The summed E-state index contributed by atoms with van der Waals surface area (Å²) in [5.74, 6) is 0. The maximum atomic E-state index is 5.63. The molecule has 1 saturated heterocycles. The highest BCUT2D eigenvalue weighted by molar-refractivity contribution is 5.39. The number of nitrogens with zero attached hydrogens (tertiary/aromatic N) is 2. The van der Waals surface area contributed by atoms with E-state index in [4.69, 9.17) is 4.74 Å². The maximum Gasteiger partial charge on any atom is 0.137 e. The summed E-state index contributed by atoms with van der Waals surface area (Å²) in [6, 6.07) is 6.04. The van der Waals surface area contributed by atoms with E-state index in [1.165, 1.54) is 0 Å². The van der Waals surface area contributed by atoms with Gasteiger partial charge in [0.2, 0.25) is 0 Å². The molecule has 18 heavy (non-hydrogen) atoms. The van der Waals surface area contributed by atoms with Crippen molar-refractivity contribution in [1.82, 2.24) is 14.7 Å². The topological polar surface area (TPSA) is 38.6 Å². The van der Waals surface area contributed by atoms with Gasteiger partial charge in [0.25, 0.3) is 0 Å². The van der Waals surface area contributed by atoms with Crippen LogP contribution in [0.4, 0.5) is 0 Å². The molecule has 3 rings (SSSR count). The van der Waals surface area contributed by atoms with Crippen molar-refractivity contribution in [2.75, 3.05) is 6.61 Å². The number of imidazole rings is 1. The fourth-order valence-corrected chi connectivity index (χ4v) is 2.43. The molecule has 2 atom stereocenters. The van der Waals surface area contributed by atoms with E-state index in [9.17, 15) is 0 Å². The van der Waals surface area contributed by atoms with Crippen molar-refractivity contribution >= 4 is 5.65 Å². The Morgan fingerprint density at radius 3 is 3.17 bits per heavy atom. The SMILES string of the molecule is CC1OCCC1(C)NCc1cn2ccccc2n1. The van der Waals surface area contributed by atoms with E-state index < -0.39 is 0 Å². The minimum Gasteiger partial charge on any atom is -0.377 e. The van der Waals surface area contributed by atoms with Crippen LogP contribution in [0.25, 0.3) is 5.65 Å². The molecule has 3 heterocycles. The number of pyridine rings is 1. The fraction of sp³-hybridized carbons (Fsp3) is 0.500. The molecule has 0 saturated carbocycles. The molecule has 0 amide bonds. The summed E-state index contributed by atoms with van der Waals surface area (Å²) in [6.07, 6.45) is 5.41. The number of hydrogen-bond donors (Lipinski definition) is 1. The molecular formula is C14H19N3O. The first-order chi connectivity index (χ1) is 8.67. The average Bonchev–Trinajstić information content (AvgIpc) is 2.92. The van der Waals surface area contributed by atoms with Crippen LogP contribution in [0.2, 0.25) is 0 Å². The first kappa shape index (κ1) is 11.7. The molecule has 0 bridgehead atoms. The zero-order valence-corrected chi connectivity index (χ0v) is 10.9. The summed E-state index contributed by atoms with van der Waals surface area (Å²) in [6.45, 7) is 5.98. The number of fused-ring (bicyclic) bond motifs is 1. The van der Waals surface area contributed by atoms with Crippen molar-refractivity contribution in [3.05, 3.63) is 36.3 Å². The molecule has 1 N–H and O–H groups in total. The van der Waals surface area contributed by atoms with Gasteiger partial charge in [-0.1, -0.05) is 6.07 Å². The molecule has 1 aliphatic rings. The second-order valence-electron chi connectivity index (χ2n) is 5.23. The molecule has 0 aromatic carbocycles. The van der Waals surface area contributed by atoms with Gasteiger partial charge in [-0.3, -0.25) is 0 Å². The quantitative estimate of drug-likeness (QED) is 0.898. The predicted octanol–water partition coefficient (Wildman–Crippen LogP) is 1.99. The molecule has 0 radical (unpaired) electrons. The van der Waals surface area contributed by atoms with Gasteiger partial charge in [-0.15, -0.1) is 0 Å². The zero-order chi connectivity index (χ0) is 12.6. The molecule has 2 unspecified atom stereocenters. The third kappa shape index (κ3) is 2.02. The van der Waals surface area contributed by atoms with Gasteiger partial charge in [-0.05, 0) is 32.4 Å². The van der Waals surface area contributed by atoms with E-state index in [0.717, 1.165) is 30.9 Å². The van der Waals surface area contributed by atoms with Gasteiger partial charge >= 0.3 is 0 Å². The average molecular weight is 245 g/mol. The molecule has 2 aromatic rings. The number of ether oxygens (including phenoxy) is 1. The standard InChI is InChI=1S/C14H19N3O/c1-11-14(2,6-8-18-11)15-9-12-10-17-7-4-3-5-13(17)16-12/h3-5,7,10-11,15H,6,8-9H2,1-2H3. The van der Waals surface area contributed by atoms with Crippen molar-refractivity contribution < 1.29 is 4.74 Å². The fourth-order valence-electron chi connectivity index (χ4n) is 2.43. The van der Waals surface area contributed by atoms with Crippen molar-refractivity contribution in [2.45, 2.75) is 38.5 Å². The van der Waals surface area contributed by atoms with E-state index in [2.05, 4.69) is 30.3 Å². The van der Waals surface area contributed by atoms with Gasteiger partial charge in [-0.25, -0.2) is 4.98 Å². The van der Waals surface area contributed by atoms with E-state index in [1.807, 2.05) is 28.8 Å². The van der Waals surface area contributed by atoms with Gasteiger partial charge in [0.1, 0.15) is 5.65 Å². The second kappa shape index (κ2) is 4.37. The lowest BCUT2D eigenvalue weighted by atomic mass is 9.95. The van der Waals surface area contributed by atoms with Crippen LogP contribution in [0.1, 0.15) is 26.0 Å². The van der Waals surface area contributed by atoms with Crippen LogP contribution in [-0.2, 0) is 11.3 Å². The molecular weight excluding hydrogens is 226 g/mol. The molecule has 0 spiro atoms. The third-order valence-corrected chi connectivity index (χ3v) is 3.97. The lowest BCUT2D eigenvalue weighted by Gasteiger charge is -2.28. The maximum absolute atomic E-state index is 5.63. The van der Waals surface area contributed by atoms with Gasteiger partial charge in [0, 0.05) is 31.1 Å². The Morgan fingerprint density at radius 2 is 2.44 bits per heavy atom. The number of aromatic nitrogens is 2. The highest BCUT2D eigenvalue weighted by Gasteiger charge is 2.36. The van der Waals surface area contributed by atoms with E-state index in [1.54, 1.807) is 0 Å². The summed E-state index contributed by atoms with van der Waals surface area (Å²) in [5.41, 5.74) is 2.13. The van der Waals surface area contributed by atoms with Gasteiger partial charge in [-0.2, -0.15) is 0 Å². The first-order valence-corrected chi connectivity index (χ1v) is 6.47. The molecule has 4 nitrogen and oxygen atoms in total. The van der Waals surface area contributed by atoms with Crippen LogP contribution >= 0.6 is 0 Å². The van der Waals surface area contributed by atoms with E-state index >= 15 is 0 Å². The molecule has 2 aromatic heterocycles. The normalized spacial score (nSPS) is 28.0. The van der Waals surface area contributed by atoms with Gasteiger partial charge in [0.15, 0.2) is 0 Å².